The van der Waals surface area contributed by atoms with E-state index in [9.17, 15) is 19.8 Å². The number of hydrogen-bond acceptors (Lipinski definition) is 3. The quantitative estimate of drug-likeness (QED) is 0.427. The van der Waals surface area contributed by atoms with Gasteiger partial charge in [-0.15, -0.1) is 0 Å². The Morgan fingerprint density at radius 1 is 0.966 bits per heavy atom. The van der Waals surface area contributed by atoms with Crippen molar-refractivity contribution < 1.29 is 19.8 Å². The summed E-state index contributed by atoms with van der Waals surface area (Å²) in [5.74, 6) is -1.82. The highest BCUT2D eigenvalue weighted by atomic mass is 16.4. The van der Waals surface area contributed by atoms with Gasteiger partial charge in [0, 0.05) is 5.57 Å². The molecule has 0 aromatic rings. The molecule has 0 saturated carbocycles. The molecule has 29 heavy (non-hydrogen) atoms. The number of ketones is 1. The molecule has 1 aliphatic rings. The topological polar surface area (TPSA) is 74.6 Å². The minimum absolute atomic E-state index is 0.122. The average molecular weight is 401 g/mol. The molecular weight excluding hydrogens is 364 g/mol. The number of allylic oxidation sites excluding steroid dienone is 8. The maximum absolute atomic E-state index is 12.8. The van der Waals surface area contributed by atoms with Crippen molar-refractivity contribution >= 4 is 11.8 Å². The Bertz CT molecular complexity index is 814. The van der Waals surface area contributed by atoms with Crippen molar-refractivity contribution in [2.75, 3.05) is 0 Å². The highest BCUT2D eigenvalue weighted by Gasteiger charge is 2.43. The van der Waals surface area contributed by atoms with Gasteiger partial charge in [0.2, 0.25) is 0 Å². The van der Waals surface area contributed by atoms with Crippen molar-refractivity contribution in [3.05, 3.63) is 57.4 Å². The number of carbonyl (C=O) groups excluding carboxylic acids is 1. The lowest BCUT2D eigenvalue weighted by atomic mass is 9.68. The van der Waals surface area contributed by atoms with E-state index in [1.54, 1.807) is 13.8 Å². The second kappa shape index (κ2) is 10.4. The smallest absolute Gasteiger partial charge is 0.339 e. The molecule has 0 spiro atoms. The van der Waals surface area contributed by atoms with Crippen LogP contribution in [0.15, 0.2) is 57.4 Å². The molecule has 4 heteroatoms. The molecule has 0 radical (unpaired) electrons. The van der Waals surface area contributed by atoms with Gasteiger partial charge in [-0.2, -0.15) is 0 Å². The first kappa shape index (κ1) is 24.7. The van der Waals surface area contributed by atoms with E-state index in [2.05, 4.69) is 32.9 Å². The number of aliphatic hydroxyl groups is 1. The summed E-state index contributed by atoms with van der Waals surface area (Å²) in [4.78, 5) is 24.4. The van der Waals surface area contributed by atoms with E-state index >= 15 is 0 Å². The first-order chi connectivity index (χ1) is 13.4. The summed E-state index contributed by atoms with van der Waals surface area (Å²) in [7, 11) is 0. The third-order valence-corrected chi connectivity index (χ3v) is 5.83. The number of carbonyl (C=O) groups is 2. The number of Topliss-reactive ketones (excluding diaryl/α,β-unsaturated/α-hetero) is 1. The van der Waals surface area contributed by atoms with Gasteiger partial charge in [-0.05, 0) is 86.1 Å². The fraction of sp³-hybridized carbons (Fsp3) is 0.520. The van der Waals surface area contributed by atoms with Crippen LogP contribution in [-0.2, 0) is 9.59 Å². The van der Waals surface area contributed by atoms with Gasteiger partial charge in [0.15, 0.2) is 5.78 Å². The zero-order valence-corrected chi connectivity index (χ0v) is 19.0. The lowest BCUT2D eigenvalue weighted by Crippen LogP contribution is -2.36. The predicted octanol–water partition coefficient (Wildman–Crippen LogP) is 6.62. The Labute approximate surface area is 175 Å². The lowest BCUT2D eigenvalue weighted by Gasteiger charge is -2.34. The third-order valence-electron chi connectivity index (χ3n) is 5.83. The average Bonchev–Trinajstić information content (AvgIpc) is 2.63. The van der Waals surface area contributed by atoms with Crippen molar-refractivity contribution in [1.82, 2.24) is 0 Å². The molecule has 0 amide bonds. The summed E-state index contributed by atoms with van der Waals surface area (Å²) < 4.78 is 0. The molecule has 0 aromatic carbocycles. The zero-order chi connectivity index (χ0) is 22.4. The fourth-order valence-corrected chi connectivity index (χ4v) is 3.56. The van der Waals surface area contributed by atoms with Crippen molar-refractivity contribution in [1.29, 1.82) is 0 Å². The van der Waals surface area contributed by atoms with Crippen LogP contribution in [0.4, 0.5) is 0 Å². The van der Waals surface area contributed by atoms with E-state index in [0.29, 0.717) is 12.0 Å². The summed E-state index contributed by atoms with van der Waals surface area (Å²) in [6.45, 7) is 13.3. The normalized spacial score (nSPS) is 21.0. The lowest BCUT2D eigenvalue weighted by molar-refractivity contribution is -0.133. The fourth-order valence-electron chi connectivity index (χ4n) is 3.56. The molecule has 1 aliphatic carbocycles. The minimum atomic E-state index is -1.20. The Balaban J connectivity index is 2.84. The highest BCUT2D eigenvalue weighted by Crippen LogP contribution is 2.43. The Morgan fingerprint density at radius 3 is 2.00 bits per heavy atom. The predicted molar refractivity (Wildman–Crippen MR) is 119 cm³/mol. The van der Waals surface area contributed by atoms with Gasteiger partial charge in [-0.25, -0.2) is 4.79 Å². The minimum Gasteiger partial charge on any atom is -0.507 e. The van der Waals surface area contributed by atoms with Gasteiger partial charge in [0.1, 0.15) is 11.3 Å². The molecular formula is C25H36O4. The Hall–Kier alpha value is -2.36. The molecule has 0 heterocycles. The number of rotatable bonds is 9. The summed E-state index contributed by atoms with van der Waals surface area (Å²) in [6.07, 6.45) is 11.0. The summed E-state index contributed by atoms with van der Waals surface area (Å²) in [6, 6.07) is 0. The molecule has 1 rings (SSSR count). The standard InChI is InChI=1S/C25H36O4/c1-16(2)10-8-11-17(3)12-9-13-18(4)14-15-25(7)20(6)21(24(28)29)22(26)19(5)23(25)27/h10,12,14,26H,8-9,11,13,15H2,1-7H3,(H,28,29)/b17-12?,18-14+. The second-order valence-electron chi connectivity index (χ2n) is 8.60. The number of aliphatic hydroxyl groups excluding tert-OH is 1. The number of hydrogen-bond donors (Lipinski definition) is 2. The molecule has 0 fully saturated rings. The molecule has 4 nitrogen and oxygen atoms in total. The zero-order valence-electron chi connectivity index (χ0n) is 19.0. The van der Waals surface area contributed by atoms with E-state index < -0.39 is 17.1 Å². The molecule has 1 atom stereocenters. The third kappa shape index (κ3) is 6.31. The number of aliphatic carboxylic acids is 1. The summed E-state index contributed by atoms with van der Waals surface area (Å²) in [5, 5.41) is 19.6. The summed E-state index contributed by atoms with van der Waals surface area (Å²) >= 11 is 0. The maximum Gasteiger partial charge on any atom is 0.339 e. The van der Waals surface area contributed by atoms with Crippen molar-refractivity contribution in [2.24, 2.45) is 5.41 Å². The van der Waals surface area contributed by atoms with Crippen LogP contribution in [0.3, 0.4) is 0 Å². The van der Waals surface area contributed by atoms with Crippen LogP contribution in [0.2, 0.25) is 0 Å². The van der Waals surface area contributed by atoms with Crippen LogP contribution in [0.25, 0.3) is 0 Å². The van der Waals surface area contributed by atoms with E-state index in [0.717, 1.165) is 25.7 Å². The van der Waals surface area contributed by atoms with Gasteiger partial charge in [-0.3, -0.25) is 4.79 Å². The molecule has 0 aliphatic heterocycles. The van der Waals surface area contributed by atoms with Crippen LogP contribution < -0.4 is 0 Å². The Kier molecular flexibility index (Phi) is 8.87. The molecule has 0 aromatic heterocycles. The largest absolute Gasteiger partial charge is 0.507 e. The molecule has 0 bridgehead atoms. The van der Waals surface area contributed by atoms with E-state index in [-0.39, 0.29) is 16.9 Å². The summed E-state index contributed by atoms with van der Waals surface area (Å²) in [5.41, 5.74) is 3.34. The van der Waals surface area contributed by atoms with E-state index in [1.807, 2.05) is 13.0 Å². The van der Waals surface area contributed by atoms with Gasteiger partial charge in [0.05, 0.1) is 5.41 Å². The van der Waals surface area contributed by atoms with Crippen molar-refractivity contribution in [2.45, 2.75) is 80.6 Å². The molecule has 1 unspecified atom stereocenters. The highest BCUT2D eigenvalue weighted by molar-refractivity contribution is 6.08. The van der Waals surface area contributed by atoms with Crippen molar-refractivity contribution in [3.8, 4) is 0 Å². The van der Waals surface area contributed by atoms with Crippen LogP contribution in [0.1, 0.15) is 80.6 Å². The van der Waals surface area contributed by atoms with E-state index in [4.69, 9.17) is 0 Å². The van der Waals surface area contributed by atoms with Gasteiger partial charge >= 0.3 is 5.97 Å². The number of carboxylic acids is 1. The van der Waals surface area contributed by atoms with Crippen LogP contribution in [-0.4, -0.2) is 22.0 Å². The molecule has 0 saturated heterocycles. The van der Waals surface area contributed by atoms with Crippen LogP contribution in [0.5, 0.6) is 0 Å². The first-order valence-corrected chi connectivity index (χ1v) is 10.3. The molecule has 2 N–H and O–H groups in total. The van der Waals surface area contributed by atoms with Crippen molar-refractivity contribution in [3.63, 3.8) is 0 Å². The van der Waals surface area contributed by atoms with Crippen LogP contribution in [0, 0.1) is 5.41 Å². The SMILES string of the molecule is CC(C)=CCCC(C)=CCC/C(C)=C/CC1(C)C(=O)C(C)=C(O)C(C(=O)O)=C1C. The Morgan fingerprint density at radius 2 is 1.48 bits per heavy atom. The monoisotopic (exact) mass is 400 g/mol. The van der Waals surface area contributed by atoms with Gasteiger partial charge < -0.3 is 10.2 Å². The maximum atomic E-state index is 12.8. The second-order valence-corrected chi connectivity index (χ2v) is 8.60. The number of carboxylic acid groups (broad SMARTS) is 1. The first-order valence-electron chi connectivity index (χ1n) is 10.3. The van der Waals surface area contributed by atoms with E-state index in [1.165, 1.54) is 23.6 Å². The molecule has 160 valence electrons. The van der Waals surface area contributed by atoms with Gasteiger partial charge in [0.25, 0.3) is 0 Å². The van der Waals surface area contributed by atoms with Gasteiger partial charge in [-0.1, -0.05) is 34.9 Å². The van der Waals surface area contributed by atoms with Crippen LogP contribution >= 0.6 is 0 Å².